The van der Waals surface area contributed by atoms with Crippen molar-refractivity contribution >= 4 is 28.9 Å². The van der Waals surface area contributed by atoms with Crippen molar-refractivity contribution in [3.8, 4) is 22.8 Å². The van der Waals surface area contributed by atoms with Gasteiger partial charge in [-0.2, -0.15) is 4.98 Å². The third-order valence-electron chi connectivity index (χ3n) is 3.06. The van der Waals surface area contributed by atoms with Crippen LogP contribution in [0.4, 0.5) is 5.69 Å². The molecule has 0 aliphatic rings. The third-order valence-corrected chi connectivity index (χ3v) is 3.50. The minimum Gasteiger partial charge on any atom is -0.399 e. The van der Waals surface area contributed by atoms with Gasteiger partial charge < -0.3 is 10.3 Å². The Kier molecular flexibility index (Phi) is 3.57. The predicted octanol–water partition coefficient (Wildman–Crippen LogP) is 4.60. The van der Waals surface area contributed by atoms with E-state index < -0.39 is 0 Å². The van der Waals surface area contributed by atoms with Gasteiger partial charge in [0.2, 0.25) is 5.82 Å². The minimum atomic E-state index is 0.421. The van der Waals surface area contributed by atoms with Crippen LogP contribution in [-0.2, 0) is 0 Å². The second-order valence-corrected chi connectivity index (χ2v) is 5.53. The number of nitrogens with zero attached hydrogens (tertiary/aromatic N) is 2. The summed E-state index contributed by atoms with van der Waals surface area (Å²) in [5.74, 6) is 0.855. The van der Waals surface area contributed by atoms with Crippen LogP contribution in [0.15, 0.2) is 40.9 Å². The van der Waals surface area contributed by atoms with Crippen molar-refractivity contribution in [3.63, 3.8) is 0 Å². The van der Waals surface area contributed by atoms with Crippen molar-refractivity contribution in [2.75, 3.05) is 5.73 Å². The molecule has 21 heavy (non-hydrogen) atoms. The molecule has 0 fully saturated rings. The third kappa shape index (κ3) is 2.86. The molecule has 0 amide bonds. The largest absolute Gasteiger partial charge is 0.399 e. The first-order chi connectivity index (χ1) is 10.0. The summed E-state index contributed by atoms with van der Waals surface area (Å²) in [6.07, 6.45) is 0. The van der Waals surface area contributed by atoms with Crippen molar-refractivity contribution in [2.24, 2.45) is 0 Å². The first-order valence-electron chi connectivity index (χ1n) is 6.19. The van der Waals surface area contributed by atoms with Gasteiger partial charge >= 0.3 is 0 Å². The van der Waals surface area contributed by atoms with Crippen LogP contribution in [0.3, 0.4) is 0 Å². The average Bonchev–Trinajstić information content (AvgIpc) is 2.90. The van der Waals surface area contributed by atoms with E-state index in [0.29, 0.717) is 27.3 Å². The van der Waals surface area contributed by atoms with E-state index in [0.717, 1.165) is 16.8 Å². The van der Waals surface area contributed by atoms with Crippen molar-refractivity contribution in [1.29, 1.82) is 0 Å². The highest BCUT2D eigenvalue weighted by atomic mass is 35.5. The van der Waals surface area contributed by atoms with E-state index in [2.05, 4.69) is 10.1 Å². The molecule has 1 heterocycles. The molecule has 0 aliphatic carbocycles. The molecular weight excluding hydrogens is 309 g/mol. The Hall–Kier alpha value is -2.04. The summed E-state index contributed by atoms with van der Waals surface area (Å²) in [7, 11) is 0. The normalized spacial score (nSPS) is 10.8. The van der Waals surface area contributed by atoms with Crippen LogP contribution in [0.1, 0.15) is 5.56 Å². The highest BCUT2D eigenvalue weighted by Gasteiger charge is 2.12. The van der Waals surface area contributed by atoms with E-state index >= 15 is 0 Å². The van der Waals surface area contributed by atoms with Gasteiger partial charge in [0.05, 0.1) is 0 Å². The highest BCUT2D eigenvalue weighted by Crippen LogP contribution is 2.28. The summed E-state index contributed by atoms with van der Waals surface area (Å²) < 4.78 is 5.29. The van der Waals surface area contributed by atoms with Gasteiger partial charge in [0, 0.05) is 26.9 Å². The van der Waals surface area contributed by atoms with Crippen LogP contribution in [0.2, 0.25) is 10.0 Å². The van der Waals surface area contributed by atoms with Crippen molar-refractivity contribution in [3.05, 3.63) is 52.0 Å². The number of halogens is 2. The molecule has 0 bridgehead atoms. The van der Waals surface area contributed by atoms with E-state index in [9.17, 15) is 0 Å². The number of hydrogen-bond donors (Lipinski definition) is 1. The number of hydrogen-bond acceptors (Lipinski definition) is 4. The summed E-state index contributed by atoms with van der Waals surface area (Å²) in [4.78, 5) is 4.37. The Morgan fingerprint density at radius 1 is 1.00 bits per heavy atom. The Morgan fingerprint density at radius 2 is 1.71 bits per heavy atom. The molecule has 3 aromatic rings. The zero-order chi connectivity index (χ0) is 15.0. The number of nitrogens with two attached hydrogens (primary N) is 1. The van der Waals surface area contributed by atoms with E-state index in [1.54, 1.807) is 18.2 Å². The fourth-order valence-corrected chi connectivity index (χ4v) is 2.48. The number of anilines is 1. The molecule has 0 radical (unpaired) electrons. The maximum atomic E-state index is 5.98. The Morgan fingerprint density at radius 3 is 2.38 bits per heavy atom. The zero-order valence-electron chi connectivity index (χ0n) is 11.1. The van der Waals surface area contributed by atoms with E-state index in [1.165, 1.54) is 0 Å². The minimum absolute atomic E-state index is 0.421. The van der Waals surface area contributed by atoms with E-state index in [-0.39, 0.29) is 0 Å². The van der Waals surface area contributed by atoms with Crippen LogP contribution in [0, 0.1) is 6.92 Å². The second kappa shape index (κ2) is 5.39. The predicted molar refractivity (Wildman–Crippen MR) is 84.3 cm³/mol. The summed E-state index contributed by atoms with van der Waals surface area (Å²) in [5.41, 5.74) is 9.00. The van der Waals surface area contributed by atoms with Crippen LogP contribution in [-0.4, -0.2) is 10.1 Å². The molecule has 106 valence electrons. The molecule has 0 atom stereocenters. The van der Waals surface area contributed by atoms with E-state index in [1.807, 2.05) is 25.1 Å². The van der Waals surface area contributed by atoms with Crippen molar-refractivity contribution in [2.45, 2.75) is 6.92 Å². The molecule has 0 saturated carbocycles. The summed E-state index contributed by atoms with van der Waals surface area (Å²) in [5, 5.41) is 5.00. The molecule has 1 aromatic heterocycles. The lowest BCUT2D eigenvalue weighted by Gasteiger charge is -2.00. The maximum Gasteiger partial charge on any atom is 0.258 e. The Balaban J connectivity index is 2.01. The lowest BCUT2D eigenvalue weighted by Crippen LogP contribution is -1.89. The average molecular weight is 320 g/mol. The molecule has 2 N–H and O–H groups in total. The number of aryl methyl sites for hydroxylation is 1. The van der Waals surface area contributed by atoms with E-state index in [4.69, 9.17) is 33.5 Å². The molecule has 4 nitrogen and oxygen atoms in total. The van der Waals surface area contributed by atoms with Crippen LogP contribution >= 0.6 is 23.2 Å². The first kappa shape index (κ1) is 13.9. The molecule has 0 aliphatic heterocycles. The van der Waals surface area contributed by atoms with Crippen molar-refractivity contribution < 1.29 is 4.52 Å². The quantitative estimate of drug-likeness (QED) is 0.701. The van der Waals surface area contributed by atoms with Gasteiger partial charge in [0.25, 0.3) is 5.89 Å². The summed E-state index contributed by atoms with van der Waals surface area (Å²) in [6.45, 7) is 1.92. The molecule has 6 heteroatoms. The Bertz CT molecular complexity index is 794. The first-order valence-corrected chi connectivity index (χ1v) is 6.95. The molecule has 0 saturated heterocycles. The zero-order valence-corrected chi connectivity index (χ0v) is 12.6. The monoisotopic (exact) mass is 319 g/mol. The topological polar surface area (TPSA) is 64.9 Å². The number of nitrogen functional groups attached to an aromatic ring is 1. The second-order valence-electron chi connectivity index (χ2n) is 4.65. The molecule has 3 rings (SSSR count). The van der Waals surface area contributed by atoms with Gasteiger partial charge in [0.1, 0.15) is 0 Å². The Labute approximate surface area is 131 Å². The molecule has 0 unspecified atom stereocenters. The lowest BCUT2D eigenvalue weighted by atomic mass is 10.1. The van der Waals surface area contributed by atoms with Gasteiger partial charge in [-0.1, -0.05) is 28.4 Å². The molecular formula is C15H11Cl2N3O. The van der Waals surface area contributed by atoms with Gasteiger partial charge in [-0.15, -0.1) is 0 Å². The van der Waals surface area contributed by atoms with Gasteiger partial charge in [-0.25, -0.2) is 0 Å². The number of benzene rings is 2. The smallest absolute Gasteiger partial charge is 0.258 e. The standard InChI is InChI=1S/C15H11Cl2N3O/c1-8-4-9(2-3-13(8)18)15-19-14(20-21-15)10-5-11(16)7-12(17)6-10/h2-7H,18H2,1H3. The van der Waals surface area contributed by atoms with Crippen LogP contribution in [0.5, 0.6) is 0 Å². The molecule has 0 spiro atoms. The van der Waals surface area contributed by atoms with Crippen LogP contribution < -0.4 is 5.73 Å². The maximum absolute atomic E-state index is 5.98. The SMILES string of the molecule is Cc1cc(-c2nc(-c3cc(Cl)cc(Cl)c3)no2)ccc1N. The summed E-state index contributed by atoms with van der Waals surface area (Å²) >= 11 is 12.0. The fourth-order valence-electron chi connectivity index (χ4n) is 1.95. The van der Waals surface area contributed by atoms with Crippen LogP contribution in [0.25, 0.3) is 22.8 Å². The van der Waals surface area contributed by atoms with Gasteiger partial charge in [0.15, 0.2) is 0 Å². The fraction of sp³-hybridized carbons (Fsp3) is 0.0667. The van der Waals surface area contributed by atoms with Gasteiger partial charge in [-0.3, -0.25) is 0 Å². The highest BCUT2D eigenvalue weighted by molar-refractivity contribution is 6.35. The number of aromatic nitrogens is 2. The summed E-state index contributed by atoms with van der Waals surface area (Å²) in [6, 6.07) is 10.7. The number of rotatable bonds is 2. The molecule has 2 aromatic carbocycles. The lowest BCUT2D eigenvalue weighted by molar-refractivity contribution is 0.432. The van der Waals surface area contributed by atoms with Crippen molar-refractivity contribution in [1.82, 2.24) is 10.1 Å². The van der Waals surface area contributed by atoms with Gasteiger partial charge in [-0.05, 0) is 48.9 Å².